The van der Waals surface area contributed by atoms with E-state index in [0.717, 1.165) is 16.9 Å². The number of hydrogen-bond acceptors (Lipinski definition) is 6. The summed E-state index contributed by atoms with van der Waals surface area (Å²) in [6.45, 7) is 3.84. The number of aliphatic hydroxyl groups excluding tert-OH is 2. The highest BCUT2D eigenvalue weighted by Crippen LogP contribution is 2.26. The lowest BCUT2D eigenvalue weighted by molar-refractivity contribution is -0.140. The lowest BCUT2D eigenvalue weighted by Crippen LogP contribution is -2.43. The fourth-order valence-corrected chi connectivity index (χ4v) is 2.86. The minimum absolute atomic E-state index is 0.000697. The summed E-state index contributed by atoms with van der Waals surface area (Å²) < 4.78 is 0. The number of aliphatic hydroxyl groups is 2. The third-order valence-electron chi connectivity index (χ3n) is 4.55. The van der Waals surface area contributed by atoms with E-state index < -0.39 is 12.0 Å². The van der Waals surface area contributed by atoms with Gasteiger partial charge in [0, 0.05) is 24.5 Å². The van der Waals surface area contributed by atoms with Crippen molar-refractivity contribution in [1.29, 1.82) is 5.26 Å². The number of hydrogen-bond donors (Lipinski definition) is 2. The van der Waals surface area contributed by atoms with Gasteiger partial charge < -0.3 is 15.1 Å². The molecule has 0 radical (unpaired) electrons. The van der Waals surface area contributed by atoms with Crippen LogP contribution < -0.4 is 0 Å². The molecule has 1 atom stereocenters. The van der Waals surface area contributed by atoms with E-state index in [1.807, 2.05) is 13.0 Å². The SMILES string of the molecule is CCCCN1C(=O)C(C#N)=C(C)/C(=C\C=C2C=CN(CC(O)CO)C=C2)C1=O. The fraction of sp³-hybridized carbons (Fsp3) is 0.381. The van der Waals surface area contributed by atoms with Crippen molar-refractivity contribution in [2.75, 3.05) is 19.7 Å². The largest absolute Gasteiger partial charge is 0.394 e. The quantitative estimate of drug-likeness (QED) is 0.510. The Bertz CT molecular complexity index is 811. The van der Waals surface area contributed by atoms with E-state index in [1.54, 1.807) is 48.5 Å². The van der Waals surface area contributed by atoms with E-state index in [9.17, 15) is 20.0 Å². The second kappa shape index (κ2) is 9.83. The summed E-state index contributed by atoms with van der Waals surface area (Å²) in [7, 11) is 0. The first-order chi connectivity index (χ1) is 13.4. The molecule has 0 aromatic rings. The number of nitrogens with zero attached hydrogens (tertiary/aromatic N) is 3. The molecule has 2 aliphatic rings. The maximum Gasteiger partial charge on any atom is 0.271 e. The number of β-amino-alcohol motifs (C(OH)–C–C–N with tert-alkyl or cyclic N) is 1. The van der Waals surface area contributed by atoms with Crippen LogP contribution in [0.5, 0.6) is 0 Å². The molecule has 2 heterocycles. The molecule has 7 nitrogen and oxygen atoms in total. The Balaban J connectivity index is 2.25. The lowest BCUT2D eigenvalue weighted by Gasteiger charge is -2.27. The van der Waals surface area contributed by atoms with E-state index in [1.165, 1.54) is 0 Å². The van der Waals surface area contributed by atoms with Gasteiger partial charge in [0.15, 0.2) is 0 Å². The molecule has 148 valence electrons. The Morgan fingerprint density at radius 1 is 1.21 bits per heavy atom. The second-order valence-electron chi connectivity index (χ2n) is 6.64. The molecule has 2 N–H and O–H groups in total. The van der Waals surface area contributed by atoms with Crippen LogP contribution in [0.25, 0.3) is 0 Å². The minimum atomic E-state index is -0.828. The molecule has 0 saturated heterocycles. The van der Waals surface area contributed by atoms with Crippen LogP contribution in [-0.4, -0.2) is 57.6 Å². The van der Waals surface area contributed by atoms with Crippen LogP contribution in [0.2, 0.25) is 0 Å². The molecule has 0 aliphatic carbocycles. The fourth-order valence-electron chi connectivity index (χ4n) is 2.86. The first-order valence-electron chi connectivity index (χ1n) is 9.23. The first kappa shape index (κ1) is 21.4. The van der Waals surface area contributed by atoms with Crippen molar-refractivity contribution in [3.8, 4) is 6.07 Å². The average Bonchev–Trinajstić information content (AvgIpc) is 2.69. The number of rotatable bonds is 7. The summed E-state index contributed by atoms with van der Waals surface area (Å²) in [6.07, 6.45) is 11.2. The van der Waals surface area contributed by atoms with E-state index in [4.69, 9.17) is 5.11 Å². The summed E-state index contributed by atoms with van der Waals surface area (Å²) in [5.74, 6) is -0.915. The van der Waals surface area contributed by atoms with Crippen molar-refractivity contribution < 1.29 is 19.8 Å². The monoisotopic (exact) mass is 383 g/mol. The number of carbonyl (C=O) groups is 2. The van der Waals surface area contributed by atoms with Gasteiger partial charge >= 0.3 is 0 Å². The molecular formula is C21H25N3O4. The second-order valence-corrected chi connectivity index (χ2v) is 6.64. The molecule has 2 aliphatic heterocycles. The predicted molar refractivity (Wildman–Crippen MR) is 104 cm³/mol. The number of imide groups is 1. The molecule has 2 amide bonds. The van der Waals surface area contributed by atoms with Gasteiger partial charge in [0.25, 0.3) is 11.8 Å². The third kappa shape index (κ3) is 4.85. The number of nitriles is 1. The third-order valence-corrected chi connectivity index (χ3v) is 4.55. The normalized spacial score (nSPS) is 19.5. The van der Waals surface area contributed by atoms with Gasteiger partial charge in [0.1, 0.15) is 11.6 Å². The van der Waals surface area contributed by atoms with Gasteiger partial charge in [-0.15, -0.1) is 0 Å². The van der Waals surface area contributed by atoms with Crippen molar-refractivity contribution in [3.05, 3.63) is 59.0 Å². The summed E-state index contributed by atoms with van der Waals surface area (Å²) in [6, 6.07) is 1.92. The molecule has 28 heavy (non-hydrogen) atoms. The van der Waals surface area contributed by atoms with Crippen LogP contribution in [-0.2, 0) is 9.59 Å². The van der Waals surface area contributed by atoms with Crippen LogP contribution >= 0.6 is 0 Å². The molecule has 2 rings (SSSR count). The Morgan fingerprint density at radius 2 is 1.89 bits per heavy atom. The number of carbonyl (C=O) groups excluding carboxylic acids is 2. The van der Waals surface area contributed by atoms with Crippen LogP contribution in [0.3, 0.4) is 0 Å². The van der Waals surface area contributed by atoms with Crippen molar-refractivity contribution in [1.82, 2.24) is 9.80 Å². The maximum atomic E-state index is 12.8. The van der Waals surface area contributed by atoms with Crippen LogP contribution in [0.1, 0.15) is 26.7 Å². The van der Waals surface area contributed by atoms with Crippen molar-refractivity contribution >= 4 is 11.8 Å². The van der Waals surface area contributed by atoms with E-state index in [0.29, 0.717) is 24.1 Å². The summed E-state index contributed by atoms with van der Waals surface area (Å²) in [5.41, 5.74) is 1.54. The first-order valence-corrected chi connectivity index (χ1v) is 9.23. The Kier molecular flexibility index (Phi) is 7.50. The van der Waals surface area contributed by atoms with Crippen molar-refractivity contribution in [2.45, 2.75) is 32.8 Å². The molecule has 1 unspecified atom stereocenters. The number of unbranched alkanes of at least 4 members (excludes halogenated alkanes) is 1. The summed E-state index contributed by atoms with van der Waals surface area (Å²) >= 11 is 0. The smallest absolute Gasteiger partial charge is 0.271 e. The van der Waals surface area contributed by atoms with Crippen molar-refractivity contribution in [2.24, 2.45) is 0 Å². The highest BCUT2D eigenvalue weighted by Gasteiger charge is 2.34. The molecule has 0 bridgehead atoms. The Labute approximate surface area is 164 Å². The van der Waals surface area contributed by atoms with Crippen LogP contribution in [0, 0.1) is 11.3 Å². The molecule has 0 saturated carbocycles. The zero-order chi connectivity index (χ0) is 20.7. The van der Waals surface area contributed by atoms with Gasteiger partial charge in [0.2, 0.25) is 0 Å². The van der Waals surface area contributed by atoms with Crippen molar-refractivity contribution in [3.63, 3.8) is 0 Å². The predicted octanol–water partition coefficient (Wildman–Crippen LogP) is 1.54. The highest BCUT2D eigenvalue weighted by molar-refractivity contribution is 6.18. The molecular weight excluding hydrogens is 358 g/mol. The van der Waals surface area contributed by atoms with E-state index >= 15 is 0 Å². The van der Waals surface area contributed by atoms with Crippen LogP contribution in [0.15, 0.2) is 59.0 Å². The van der Waals surface area contributed by atoms with Gasteiger partial charge in [-0.25, -0.2) is 0 Å². The topological polar surface area (TPSA) is 105 Å². The molecule has 0 spiro atoms. The standard InChI is InChI=1S/C21H25N3O4/c1-3-4-9-24-20(27)18(15(2)19(12-22)21(24)28)6-5-16-7-10-23(11-8-16)13-17(26)14-25/h5-8,10-11,17,25-26H,3-4,9,13-14H2,1-2H3/b18-6+. The van der Waals surface area contributed by atoms with Gasteiger partial charge in [0.05, 0.1) is 19.3 Å². The maximum absolute atomic E-state index is 12.8. The molecule has 0 aromatic carbocycles. The Hall–Kier alpha value is -2.95. The minimum Gasteiger partial charge on any atom is -0.394 e. The lowest BCUT2D eigenvalue weighted by atomic mass is 9.94. The summed E-state index contributed by atoms with van der Waals surface area (Å²) in [4.78, 5) is 28.0. The van der Waals surface area contributed by atoms with Gasteiger partial charge in [-0.1, -0.05) is 19.4 Å². The Morgan fingerprint density at radius 3 is 2.46 bits per heavy atom. The number of amides is 2. The highest BCUT2D eigenvalue weighted by atomic mass is 16.3. The van der Waals surface area contributed by atoms with E-state index in [-0.39, 0.29) is 24.6 Å². The van der Waals surface area contributed by atoms with Gasteiger partial charge in [-0.05, 0) is 42.7 Å². The summed E-state index contributed by atoms with van der Waals surface area (Å²) in [5, 5.41) is 27.7. The van der Waals surface area contributed by atoms with Crippen LogP contribution in [0.4, 0.5) is 0 Å². The van der Waals surface area contributed by atoms with Gasteiger partial charge in [-0.2, -0.15) is 5.26 Å². The molecule has 7 heteroatoms. The van der Waals surface area contributed by atoms with Gasteiger partial charge in [-0.3, -0.25) is 14.5 Å². The number of allylic oxidation sites excluding steroid dienone is 5. The zero-order valence-corrected chi connectivity index (χ0v) is 16.1. The zero-order valence-electron chi connectivity index (χ0n) is 16.1. The average molecular weight is 383 g/mol. The molecule has 0 aromatic heterocycles. The van der Waals surface area contributed by atoms with E-state index in [2.05, 4.69) is 0 Å². The molecule has 0 fully saturated rings.